The molecular weight excluding hydrogens is 208 g/mol. The lowest BCUT2D eigenvalue weighted by Gasteiger charge is -2.20. The molecule has 15 heavy (non-hydrogen) atoms. The van der Waals surface area contributed by atoms with Gasteiger partial charge in [-0.3, -0.25) is 0 Å². The minimum Gasteiger partial charge on any atom is -0.308 e. The number of nitrogens with one attached hydrogen (secondary N) is 1. The molecular formula is C10H20N4S. The van der Waals surface area contributed by atoms with Crippen LogP contribution in [0.25, 0.3) is 0 Å². The van der Waals surface area contributed by atoms with Crippen LogP contribution in [0, 0.1) is 6.92 Å². The fourth-order valence-corrected chi connectivity index (χ4v) is 1.92. The Morgan fingerprint density at radius 2 is 2.27 bits per heavy atom. The highest BCUT2D eigenvalue weighted by molar-refractivity contribution is 7.05. The van der Waals surface area contributed by atoms with Crippen LogP contribution >= 0.6 is 11.5 Å². The van der Waals surface area contributed by atoms with Crippen LogP contribution < -0.4 is 5.32 Å². The normalized spacial score (nSPS) is 13.4. The van der Waals surface area contributed by atoms with Crippen LogP contribution in [0.2, 0.25) is 0 Å². The zero-order chi connectivity index (χ0) is 11.3. The first-order valence-corrected chi connectivity index (χ1v) is 6.10. The minimum atomic E-state index is 0.497. The van der Waals surface area contributed by atoms with Gasteiger partial charge in [0, 0.05) is 19.1 Å². The van der Waals surface area contributed by atoms with E-state index in [1.54, 1.807) is 0 Å². The smallest absolute Gasteiger partial charge is 0.0769 e. The minimum absolute atomic E-state index is 0.497. The largest absolute Gasteiger partial charge is 0.308 e. The first kappa shape index (κ1) is 12.5. The third-order valence-electron chi connectivity index (χ3n) is 2.48. The Bertz CT molecular complexity index is 287. The van der Waals surface area contributed by atoms with E-state index >= 15 is 0 Å². The molecule has 0 saturated carbocycles. The Balaban J connectivity index is 2.28. The molecule has 5 heteroatoms. The summed E-state index contributed by atoms with van der Waals surface area (Å²) in [7, 11) is 2.14. The molecule has 1 atom stereocenters. The molecule has 0 aromatic carbocycles. The number of hydrogen-bond donors (Lipinski definition) is 1. The van der Waals surface area contributed by atoms with E-state index in [1.807, 2.05) is 6.92 Å². The summed E-state index contributed by atoms with van der Waals surface area (Å²) in [4.78, 5) is 3.54. The van der Waals surface area contributed by atoms with Gasteiger partial charge in [-0.05, 0) is 39.0 Å². The number of likely N-dealkylation sites (N-methyl/N-ethyl adjacent to an activating group) is 1. The molecule has 0 radical (unpaired) electrons. The van der Waals surface area contributed by atoms with Gasteiger partial charge in [-0.1, -0.05) is 11.4 Å². The lowest BCUT2D eigenvalue weighted by Crippen LogP contribution is -2.36. The number of nitrogens with zero attached hydrogens (tertiary/aromatic N) is 3. The van der Waals surface area contributed by atoms with Crippen molar-refractivity contribution in [1.29, 1.82) is 0 Å². The van der Waals surface area contributed by atoms with Crippen LogP contribution in [0.1, 0.15) is 24.4 Å². The van der Waals surface area contributed by atoms with Crippen LogP contribution in [0.15, 0.2) is 0 Å². The Labute approximate surface area is 95.8 Å². The molecule has 0 bridgehead atoms. The molecule has 1 N–H and O–H groups in total. The highest BCUT2D eigenvalue weighted by Gasteiger charge is 2.07. The summed E-state index contributed by atoms with van der Waals surface area (Å²) < 4.78 is 3.92. The van der Waals surface area contributed by atoms with Gasteiger partial charge in [0.25, 0.3) is 0 Å². The van der Waals surface area contributed by atoms with Gasteiger partial charge in [0.05, 0.1) is 10.6 Å². The second-order valence-corrected chi connectivity index (χ2v) is 4.76. The lowest BCUT2D eigenvalue weighted by molar-refractivity contribution is 0.309. The van der Waals surface area contributed by atoms with E-state index in [1.165, 1.54) is 16.4 Å². The number of hydrogen-bond acceptors (Lipinski definition) is 5. The topological polar surface area (TPSA) is 41.0 Å². The average molecular weight is 228 g/mol. The molecule has 1 rings (SSSR count). The predicted octanol–water partition coefficient (Wildman–Crippen LogP) is 1.28. The highest BCUT2D eigenvalue weighted by Crippen LogP contribution is 2.08. The second-order valence-electron chi connectivity index (χ2n) is 3.92. The number of aromatic nitrogens is 2. The van der Waals surface area contributed by atoms with E-state index in [-0.39, 0.29) is 0 Å². The van der Waals surface area contributed by atoms with Crippen LogP contribution in [-0.2, 0) is 6.54 Å². The van der Waals surface area contributed by atoms with Gasteiger partial charge in [-0.2, -0.15) is 0 Å². The van der Waals surface area contributed by atoms with Gasteiger partial charge in [0.15, 0.2) is 0 Å². The van der Waals surface area contributed by atoms with E-state index in [2.05, 4.69) is 40.7 Å². The maximum absolute atomic E-state index is 3.99. The number of aryl methyl sites for hydroxylation is 1. The first-order valence-electron chi connectivity index (χ1n) is 5.33. The van der Waals surface area contributed by atoms with Crippen molar-refractivity contribution >= 4 is 11.5 Å². The van der Waals surface area contributed by atoms with Gasteiger partial charge in [-0.15, -0.1) is 5.10 Å². The molecule has 4 nitrogen and oxygen atoms in total. The summed E-state index contributed by atoms with van der Waals surface area (Å²) in [5, 5.41) is 7.47. The fourth-order valence-electron chi connectivity index (χ4n) is 1.34. The molecule has 0 spiro atoms. The molecule has 0 aliphatic heterocycles. The van der Waals surface area contributed by atoms with Crippen molar-refractivity contribution in [2.24, 2.45) is 0 Å². The molecule has 1 unspecified atom stereocenters. The van der Waals surface area contributed by atoms with Crippen molar-refractivity contribution in [3.63, 3.8) is 0 Å². The monoisotopic (exact) mass is 228 g/mol. The lowest BCUT2D eigenvalue weighted by atomic mass is 10.3. The van der Waals surface area contributed by atoms with E-state index in [4.69, 9.17) is 0 Å². The zero-order valence-electron chi connectivity index (χ0n) is 9.95. The Morgan fingerprint density at radius 3 is 2.80 bits per heavy atom. The third kappa shape index (κ3) is 4.24. The van der Waals surface area contributed by atoms with Gasteiger partial charge in [0.1, 0.15) is 0 Å². The maximum Gasteiger partial charge on any atom is 0.0769 e. The van der Waals surface area contributed by atoms with Gasteiger partial charge in [-0.25, -0.2) is 0 Å². The standard InChI is InChI=1S/C10H20N4S/c1-5-14(4)7-8(2)11-6-10-9(3)12-13-15-10/h8,11H,5-7H2,1-4H3. The van der Waals surface area contributed by atoms with Gasteiger partial charge >= 0.3 is 0 Å². The average Bonchev–Trinajstić information content (AvgIpc) is 2.61. The molecule has 1 aromatic rings. The Hall–Kier alpha value is -0.520. The quantitative estimate of drug-likeness (QED) is 0.796. The molecule has 1 aromatic heterocycles. The van der Waals surface area contributed by atoms with E-state index in [9.17, 15) is 0 Å². The van der Waals surface area contributed by atoms with Gasteiger partial charge in [0.2, 0.25) is 0 Å². The van der Waals surface area contributed by atoms with E-state index in [0.29, 0.717) is 6.04 Å². The zero-order valence-corrected chi connectivity index (χ0v) is 10.8. The first-order chi connectivity index (χ1) is 7.13. The van der Waals surface area contributed by atoms with Crippen molar-refractivity contribution in [2.75, 3.05) is 20.1 Å². The molecule has 0 aliphatic carbocycles. The van der Waals surface area contributed by atoms with Gasteiger partial charge < -0.3 is 10.2 Å². The Morgan fingerprint density at radius 1 is 1.53 bits per heavy atom. The third-order valence-corrected chi connectivity index (χ3v) is 3.31. The molecule has 0 fully saturated rings. The second kappa shape index (κ2) is 6.15. The molecule has 0 amide bonds. The summed E-state index contributed by atoms with van der Waals surface area (Å²) in [6.45, 7) is 9.42. The number of rotatable bonds is 6. The van der Waals surface area contributed by atoms with E-state index < -0.39 is 0 Å². The van der Waals surface area contributed by atoms with Crippen molar-refractivity contribution in [1.82, 2.24) is 19.8 Å². The SMILES string of the molecule is CCN(C)CC(C)NCc1snnc1C. The van der Waals surface area contributed by atoms with Crippen molar-refractivity contribution < 1.29 is 0 Å². The molecule has 86 valence electrons. The molecule has 1 heterocycles. The summed E-state index contributed by atoms with van der Waals surface area (Å²) in [6.07, 6.45) is 0. The van der Waals surface area contributed by atoms with Crippen molar-refractivity contribution in [2.45, 2.75) is 33.4 Å². The summed E-state index contributed by atoms with van der Waals surface area (Å²) >= 11 is 1.48. The highest BCUT2D eigenvalue weighted by atomic mass is 32.1. The predicted molar refractivity (Wildman–Crippen MR) is 64.1 cm³/mol. The van der Waals surface area contributed by atoms with Crippen molar-refractivity contribution in [3.05, 3.63) is 10.6 Å². The van der Waals surface area contributed by atoms with Crippen LogP contribution in [0.5, 0.6) is 0 Å². The van der Waals surface area contributed by atoms with Crippen LogP contribution in [0.3, 0.4) is 0 Å². The summed E-state index contributed by atoms with van der Waals surface area (Å²) in [5.74, 6) is 0. The Kier molecular flexibility index (Phi) is 5.14. The molecule has 0 aliphatic rings. The van der Waals surface area contributed by atoms with Crippen LogP contribution in [0.4, 0.5) is 0 Å². The molecule has 0 saturated heterocycles. The van der Waals surface area contributed by atoms with E-state index in [0.717, 1.165) is 25.3 Å². The summed E-state index contributed by atoms with van der Waals surface area (Å²) in [5.41, 5.74) is 1.04. The fraction of sp³-hybridized carbons (Fsp3) is 0.800. The van der Waals surface area contributed by atoms with Crippen molar-refractivity contribution in [3.8, 4) is 0 Å². The summed E-state index contributed by atoms with van der Waals surface area (Å²) in [6, 6.07) is 0.497. The van der Waals surface area contributed by atoms with Crippen LogP contribution in [-0.4, -0.2) is 40.7 Å². The maximum atomic E-state index is 3.99.